The molecule has 5 heteroatoms. The van der Waals surface area contributed by atoms with Crippen LogP contribution in [0.5, 0.6) is 0 Å². The molecule has 0 aliphatic heterocycles. The van der Waals surface area contributed by atoms with Crippen LogP contribution < -0.4 is 5.32 Å². The van der Waals surface area contributed by atoms with Gasteiger partial charge in [0.15, 0.2) is 5.76 Å². The van der Waals surface area contributed by atoms with Crippen molar-refractivity contribution in [3.63, 3.8) is 0 Å². The molecule has 1 amide bonds. The van der Waals surface area contributed by atoms with E-state index < -0.39 is 0 Å². The molecule has 2 aromatic heterocycles. The van der Waals surface area contributed by atoms with E-state index in [9.17, 15) is 9.59 Å². The molecule has 1 aliphatic rings. The van der Waals surface area contributed by atoms with Crippen molar-refractivity contribution in [2.75, 3.05) is 0 Å². The van der Waals surface area contributed by atoms with Crippen molar-refractivity contribution >= 4 is 23.0 Å². The van der Waals surface area contributed by atoms with Gasteiger partial charge < -0.3 is 9.73 Å². The molecule has 0 radical (unpaired) electrons. The van der Waals surface area contributed by atoms with Crippen LogP contribution in [0.1, 0.15) is 33.2 Å². The molecular weight excluding hydrogens is 262 g/mol. The van der Waals surface area contributed by atoms with Gasteiger partial charge in [-0.25, -0.2) is 0 Å². The Balaban J connectivity index is 1.62. The summed E-state index contributed by atoms with van der Waals surface area (Å²) < 4.78 is 5.08. The van der Waals surface area contributed by atoms with Gasteiger partial charge >= 0.3 is 0 Å². The largest absolute Gasteiger partial charge is 0.461 e. The molecule has 1 saturated carbocycles. The van der Waals surface area contributed by atoms with Gasteiger partial charge in [-0.05, 0) is 37.1 Å². The number of furan rings is 1. The van der Waals surface area contributed by atoms with Gasteiger partial charge in [-0.1, -0.05) is 0 Å². The molecule has 2 aromatic rings. The summed E-state index contributed by atoms with van der Waals surface area (Å²) in [5.74, 6) is 0.557. The Hall–Kier alpha value is -1.88. The summed E-state index contributed by atoms with van der Waals surface area (Å²) in [6.07, 6.45) is 3.48. The molecule has 4 nitrogen and oxygen atoms in total. The average molecular weight is 275 g/mol. The monoisotopic (exact) mass is 275 g/mol. The van der Waals surface area contributed by atoms with Crippen molar-refractivity contribution in [1.82, 2.24) is 5.32 Å². The zero-order chi connectivity index (χ0) is 13.2. The van der Waals surface area contributed by atoms with E-state index in [1.165, 1.54) is 17.6 Å². The first-order valence-corrected chi connectivity index (χ1v) is 7.00. The van der Waals surface area contributed by atoms with Gasteiger partial charge in [-0.2, -0.15) is 0 Å². The number of ketones is 1. The van der Waals surface area contributed by atoms with E-state index in [1.54, 1.807) is 18.2 Å². The predicted octanol–water partition coefficient (Wildman–Crippen LogP) is 2.60. The van der Waals surface area contributed by atoms with Gasteiger partial charge in [-0.3, -0.25) is 9.59 Å². The third kappa shape index (κ3) is 2.76. The molecule has 1 N–H and O–H groups in total. The number of carbonyl (C=O) groups excluding carboxylic acids is 2. The van der Waals surface area contributed by atoms with E-state index in [2.05, 4.69) is 5.32 Å². The van der Waals surface area contributed by atoms with Gasteiger partial charge in [0.1, 0.15) is 0 Å². The molecule has 1 fully saturated rings. The van der Waals surface area contributed by atoms with E-state index in [4.69, 9.17) is 4.42 Å². The number of hydrogen-bond donors (Lipinski definition) is 1. The fourth-order valence-electron chi connectivity index (χ4n) is 1.79. The Morgan fingerprint density at radius 2 is 2.16 bits per heavy atom. The predicted molar refractivity (Wildman–Crippen MR) is 71.0 cm³/mol. The fourth-order valence-corrected chi connectivity index (χ4v) is 2.68. The Labute approximate surface area is 114 Å². The minimum Gasteiger partial charge on any atom is -0.461 e. The first-order valence-electron chi connectivity index (χ1n) is 6.18. The van der Waals surface area contributed by atoms with Gasteiger partial charge in [0.2, 0.25) is 11.7 Å². The normalized spacial score (nSPS) is 14.3. The lowest BCUT2D eigenvalue weighted by molar-refractivity contribution is -0.122. The van der Waals surface area contributed by atoms with Crippen molar-refractivity contribution in [3.05, 3.63) is 46.0 Å². The first-order chi connectivity index (χ1) is 9.24. The highest BCUT2D eigenvalue weighted by Crippen LogP contribution is 2.29. The van der Waals surface area contributed by atoms with E-state index in [0.29, 0.717) is 17.2 Å². The van der Waals surface area contributed by atoms with Gasteiger partial charge in [0.25, 0.3) is 0 Å². The minimum absolute atomic E-state index is 0.116. The quantitative estimate of drug-likeness (QED) is 0.853. The van der Waals surface area contributed by atoms with Gasteiger partial charge in [0.05, 0.1) is 17.7 Å². The molecule has 98 valence electrons. The number of amides is 1. The van der Waals surface area contributed by atoms with Crippen molar-refractivity contribution < 1.29 is 14.0 Å². The molecule has 0 aromatic carbocycles. The Morgan fingerprint density at radius 3 is 2.84 bits per heavy atom. The zero-order valence-electron chi connectivity index (χ0n) is 10.2. The molecule has 0 saturated heterocycles. The second-order valence-corrected chi connectivity index (χ2v) is 5.73. The summed E-state index contributed by atoms with van der Waals surface area (Å²) in [7, 11) is 0. The second kappa shape index (κ2) is 5.01. The number of carbonyl (C=O) groups is 2. The number of thiophene rings is 1. The molecule has 0 bridgehead atoms. The SMILES string of the molecule is O=C(c1ccco1)c1ccc(CNC(=O)C2CC2)s1. The topological polar surface area (TPSA) is 59.3 Å². The minimum atomic E-state index is -0.116. The van der Waals surface area contributed by atoms with Crippen LogP contribution in [0.25, 0.3) is 0 Å². The highest BCUT2D eigenvalue weighted by atomic mass is 32.1. The van der Waals surface area contributed by atoms with Crippen LogP contribution in [0.15, 0.2) is 34.9 Å². The maximum atomic E-state index is 12.0. The molecule has 1 aliphatic carbocycles. The second-order valence-electron chi connectivity index (χ2n) is 4.56. The summed E-state index contributed by atoms with van der Waals surface area (Å²) in [4.78, 5) is 25.1. The standard InChI is InChI=1S/C14H13NO3S/c16-13(11-2-1-7-18-11)12-6-5-10(19-12)8-15-14(17)9-3-4-9/h1-2,5-7,9H,3-4,8H2,(H,15,17). The van der Waals surface area contributed by atoms with Gasteiger partial charge in [-0.15, -0.1) is 11.3 Å². The van der Waals surface area contributed by atoms with E-state index in [-0.39, 0.29) is 17.6 Å². The number of rotatable bonds is 5. The maximum absolute atomic E-state index is 12.0. The van der Waals surface area contributed by atoms with Crippen LogP contribution in [0.2, 0.25) is 0 Å². The van der Waals surface area contributed by atoms with Crippen LogP contribution in [-0.4, -0.2) is 11.7 Å². The van der Waals surface area contributed by atoms with Crippen LogP contribution in [-0.2, 0) is 11.3 Å². The average Bonchev–Trinajstić information content (AvgIpc) is 2.95. The molecule has 19 heavy (non-hydrogen) atoms. The molecular formula is C14H13NO3S. The summed E-state index contributed by atoms with van der Waals surface area (Å²) in [5.41, 5.74) is 0. The Bertz CT molecular complexity index is 596. The first kappa shape index (κ1) is 12.2. The van der Waals surface area contributed by atoms with Crippen molar-refractivity contribution in [3.8, 4) is 0 Å². The van der Waals surface area contributed by atoms with Crippen LogP contribution in [0, 0.1) is 5.92 Å². The van der Waals surface area contributed by atoms with E-state index >= 15 is 0 Å². The molecule has 3 rings (SSSR count). The van der Waals surface area contributed by atoms with Crippen LogP contribution in [0.4, 0.5) is 0 Å². The number of hydrogen-bond acceptors (Lipinski definition) is 4. The third-order valence-electron chi connectivity index (χ3n) is 3.02. The third-order valence-corrected chi connectivity index (χ3v) is 4.10. The van der Waals surface area contributed by atoms with Crippen LogP contribution in [0.3, 0.4) is 0 Å². The summed E-state index contributed by atoms with van der Waals surface area (Å²) in [6, 6.07) is 6.98. The van der Waals surface area contributed by atoms with Crippen molar-refractivity contribution in [2.45, 2.75) is 19.4 Å². The summed E-state index contributed by atoms with van der Waals surface area (Å²) in [6.45, 7) is 0.492. The Morgan fingerprint density at radius 1 is 1.32 bits per heavy atom. The molecule has 0 atom stereocenters. The van der Waals surface area contributed by atoms with Gasteiger partial charge in [0, 0.05) is 10.8 Å². The number of nitrogens with one attached hydrogen (secondary N) is 1. The summed E-state index contributed by atoms with van der Waals surface area (Å²) >= 11 is 1.39. The zero-order valence-corrected chi connectivity index (χ0v) is 11.0. The lowest BCUT2D eigenvalue weighted by Crippen LogP contribution is -2.23. The molecule has 0 spiro atoms. The lowest BCUT2D eigenvalue weighted by atomic mass is 10.2. The van der Waals surface area contributed by atoms with E-state index in [1.807, 2.05) is 6.07 Å². The Kier molecular flexibility index (Phi) is 3.21. The van der Waals surface area contributed by atoms with Crippen molar-refractivity contribution in [2.24, 2.45) is 5.92 Å². The molecule has 0 unspecified atom stereocenters. The molecule has 2 heterocycles. The summed E-state index contributed by atoms with van der Waals surface area (Å²) in [5, 5.41) is 2.88. The maximum Gasteiger partial charge on any atom is 0.238 e. The highest BCUT2D eigenvalue weighted by Gasteiger charge is 2.29. The van der Waals surface area contributed by atoms with Crippen LogP contribution >= 0.6 is 11.3 Å². The lowest BCUT2D eigenvalue weighted by Gasteiger charge is -2.00. The van der Waals surface area contributed by atoms with E-state index in [0.717, 1.165) is 17.7 Å². The smallest absolute Gasteiger partial charge is 0.238 e. The fraction of sp³-hybridized carbons (Fsp3) is 0.286. The highest BCUT2D eigenvalue weighted by molar-refractivity contribution is 7.14. The van der Waals surface area contributed by atoms with Crippen molar-refractivity contribution in [1.29, 1.82) is 0 Å².